The summed E-state index contributed by atoms with van der Waals surface area (Å²) in [5.41, 5.74) is 1.02. The van der Waals surface area contributed by atoms with Gasteiger partial charge in [-0.05, 0) is 31.0 Å². The van der Waals surface area contributed by atoms with E-state index in [0.717, 1.165) is 23.7 Å². The molecule has 1 saturated carbocycles. The molecule has 4 nitrogen and oxygen atoms in total. The van der Waals surface area contributed by atoms with Gasteiger partial charge in [0.05, 0.1) is 18.3 Å². The van der Waals surface area contributed by atoms with Crippen LogP contribution in [-0.4, -0.2) is 21.7 Å². The highest BCUT2D eigenvalue weighted by atomic mass is 35.5. The Kier molecular flexibility index (Phi) is 4.44. The zero-order valence-electron chi connectivity index (χ0n) is 12.0. The zero-order chi connectivity index (χ0) is 14.7. The van der Waals surface area contributed by atoms with Crippen LogP contribution in [0.5, 0.6) is 0 Å². The van der Waals surface area contributed by atoms with Crippen LogP contribution in [0.15, 0.2) is 24.4 Å². The molecule has 1 amide bonds. The van der Waals surface area contributed by atoms with E-state index in [2.05, 4.69) is 10.4 Å². The summed E-state index contributed by atoms with van der Waals surface area (Å²) in [7, 11) is 0. The van der Waals surface area contributed by atoms with Crippen LogP contribution in [-0.2, 0) is 11.3 Å². The molecule has 0 radical (unpaired) electrons. The number of hydrogen-bond acceptors (Lipinski definition) is 2. The number of nitrogens with zero attached hydrogens (tertiary/aromatic N) is 2. The van der Waals surface area contributed by atoms with Gasteiger partial charge in [-0.3, -0.25) is 9.48 Å². The highest BCUT2D eigenvalue weighted by molar-refractivity contribution is 6.31. The molecule has 21 heavy (non-hydrogen) atoms. The third kappa shape index (κ3) is 3.56. The Morgan fingerprint density at radius 3 is 2.95 bits per heavy atom. The van der Waals surface area contributed by atoms with E-state index in [0.29, 0.717) is 24.0 Å². The maximum Gasteiger partial charge on any atom is 0.222 e. The third-order valence-corrected chi connectivity index (χ3v) is 4.36. The average molecular weight is 306 g/mol. The molecule has 0 spiro atoms. The summed E-state index contributed by atoms with van der Waals surface area (Å²) in [6.45, 7) is 0.601. The van der Waals surface area contributed by atoms with Gasteiger partial charge < -0.3 is 5.32 Å². The SMILES string of the molecule is O=C(CCn1ncc2cc(Cl)ccc21)NC1CCCCC1. The fraction of sp³-hybridized carbons (Fsp3) is 0.500. The Balaban J connectivity index is 1.57. The smallest absolute Gasteiger partial charge is 0.222 e. The quantitative estimate of drug-likeness (QED) is 0.939. The van der Waals surface area contributed by atoms with Crippen molar-refractivity contribution in [3.8, 4) is 0 Å². The third-order valence-electron chi connectivity index (χ3n) is 4.12. The molecule has 1 heterocycles. The molecule has 1 fully saturated rings. The van der Waals surface area contributed by atoms with Crippen LogP contribution < -0.4 is 5.32 Å². The molecule has 0 bridgehead atoms. The Morgan fingerprint density at radius 2 is 2.14 bits per heavy atom. The van der Waals surface area contributed by atoms with Gasteiger partial charge in [0.25, 0.3) is 0 Å². The number of hydrogen-bond donors (Lipinski definition) is 1. The second kappa shape index (κ2) is 6.48. The largest absolute Gasteiger partial charge is 0.353 e. The van der Waals surface area contributed by atoms with Crippen molar-refractivity contribution in [1.82, 2.24) is 15.1 Å². The first-order valence-corrected chi connectivity index (χ1v) is 8.00. The van der Waals surface area contributed by atoms with E-state index in [-0.39, 0.29) is 5.91 Å². The van der Waals surface area contributed by atoms with E-state index in [4.69, 9.17) is 11.6 Å². The number of halogens is 1. The van der Waals surface area contributed by atoms with E-state index in [1.54, 1.807) is 6.20 Å². The summed E-state index contributed by atoms with van der Waals surface area (Å²) in [6.07, 6.45) is 8.26. The molecule has 1 N–H and O–H groups in total. The number of nitrogens with one attached hydrogen (secondary N) is 1. The average Bonchev–Trinajstić information content (AvgIpc) is 2.88. The molecule has 0 unspecified atom stereocenters. The predicted octanol–water partition coefficient (Wildman–Crippen LogP) is 3.53. The minimum absolute atomic E-state index is 0.125. The molecule has 0 atom stereocenters. The summed E-state index contributed by atoms with van der Waals surface area (Å²) < 4.78 is 1.87. The number of benzene rings is 1. The van der Waals surface area contributed by atoms with E-state index in [9.17, 15) is 4.79 Å². The number of rotatable bonds is 4. The Labute approximate surface area is 129 Å². The van der Waals surface area contributed by atoms with Gasteiger partial charge in [-0.1, -0.05) is 30.9 Å². The minimum Gasteiger partial charge on any atom is -0.353 e. The highest BCUT2D eigenvalue weighted by Gasteiger charge is 2.15. The molecule has 5 heteroatoms. The predicted molar refractivity (Wildman–Crippen MR) is 84.4 cm³/mol. The van der Waals surface area contributed by atoms with E-state index >= 15 is 0 Å². The van der Waals surface area contributed by atoms with Gasteiger partial charge in [-0.2, -0.15) is 5.10 Å². The lowest BCUT2D eigenvalue weighted by Crippen LogP contribution is -2.36. The van der Waals surface area contributed by atoms with Crippen LogP contribution >= 0.6 is 11.6 Å². The van der Waals surface area contributed by atoms with Crippen molar-refractivity contribution >= 4 is 28.4 Å². The summed E-state index contributed by atoms with van der Waals surface area (Å²) in [4.78, 5) is 12.0. The molecule has 2 aromatic rings. The molecule has 1 aromatic carbocycles. The lowest BCUT2D eigenvalue weighted by atomic mass is 9.95. The van der Waals surface area contributed by atoms with Gasteiger partial charge in [-0.15, -0.1) is 0 Å². The molecule has 3 rings (SSSR count). The van der Waals surface area contributed by atoms with Gasteiger partial charge in [0.2, 0.25) is 5.91 Å². The van der Waals surface area contributed by atoms with E-state index in [1.807, 2.05) is 22.9 Å². The van der Waals surface area contributed by atoms with Crippen molar-refractivity contribution in [2.45, 2.75) is 51.1 Å². The van der Waals surface area contributed by atoms with E-state index < -0.39 is 0 Å². The summed E-state index contributed by atoms with van der Waals surface area (Å²) in [6, 6.07) is 6.07. The first-order chi connectivity index (χ1) is 10.2. The number of aryl methyl sites for hydroxylation is 1. The van der Waals surface area contributed by atoms with Crippen LogP contribution in [0.25, 0.3) is 10.9 Å². The second-order valence-electron chi connectivity index (χ2n) is 5.72. The second-order valence-corrected chi connectivity index (χ2v) is 6.16. The summed E-state index contributed by atoms with van der Waals surface area (Å²) in [5.74, 6) is 0.125. The molecular formula is C16H20ClN3O. The fourth-order valence-corrected chi connectivity index (χ4v) is 3.17. The number of carbonyl (C=O) groups is 1. The first-order valence-electron chi connectivity index (χ1n) is 7.63. The van der Waals surface area contributed by atoms with Gasteiger partial charge in [0.1, 0.15) is 0 Å². The van der Waals surface area contributed by atoms with Crippen molar-refractivity contribution in [3.63, 3.8) is 0 Å². The van der Waals surface area contributed by atoms with Gasteiger partial charge in [-0.25, -0.2) is 0 Å². The molecule has 0 aliphatic heterocycles. The zero-order valence-corrected chi connectivity index (χ0v) is 12.8. The van der Waals surface area contributed by atoms with Gasteiger partial charge >= 0.3 is 0 Å². The lowest BCUT2D eigenvalue weighted by Gasteiger charge is -2.22. The van der Waals surface area contributed by atoms with Crippen LogP contribution in [0, 0.1) is 0 Å². The molecule has 1 aliphatic carbocycles. The Morgan fingerprint density at radius 1 is 1.33 bits per heavy atom. The maximum atomic E-state index is 12.0. The van der Waals surface area contributed by atoms with Gasteiger partial charge in [0.15, 0.2) is 0 Å². The maximum absolute atomic E-state index is 12.0. The van der Waals surface area contributed by atoms with Crippen molar-refractivity contribution < 1.29 is 4.79 Å². The van der Waals surface area contributed by atoms with Gasteiger partial charge in [0, 0.05) is 22.9 Å². The van der Waals surface area contributed by atoms with Crippen LogP contribution in [0.1, 0.15) is 38.5 Å². The summed E-state index contributed by atoms with van der Waals surface area (Å²) >= 11 is 5.96. The molecule has 0 saturated heterocycles. The first kappa shape index (κ1) is 14.4. The number of aromatic nitrogens is 2. The molecule has 1 aromatic heterocycles. The Bertz CT molecular complexity index is 631. The van der Waals surface area contributed by atoms with Crippen molar-refractivity contribution in [3.05, 3.63) is 29.4 Å². The van der Waals surface area contributed by atoms with E-state index in [1.165, 1.54) is 19.3 Å². The monoisotopic (exact) mass is 305 g/mol. The van der Waals surface area contributed by atoms with Crippen LogP contribution in [0.4, 0.5) is 0 Å². The fourth-order valence-electron chi connectivity index (χ4n) is 2.99. The van der Waals surface area contributed by atoms with Crippen LogP contribution in [0.2, 0.25) is 5.02 Å². The molecular weight excluding hydrogens is 286 g/mol. The molecule has 112 valence electrons. The number of fused-ring (bicyclic) bond motifs is 1. The minimum atomic E-state index is 0.125. The van der Waals surface area contributed by atoms with Crippen molar-refractivity contribution in [1.29, 1.82) is 0 Å². The highest BCUT2D eigenvalue weighted by Crippen LogP contribution is 2.19. The summed E-state index contributed by atoms with van der Waals surface area (Å²) in [5, 5.41) is 9.19. The van der Waals surface area contributed by atoms with Crippen molar-refractivity contribution in [2.24, 2.45) is 0 Å². The Hall–Kier alpha value is -1.55. The lowest BCUT2D eigenvalue weighted by molar-refractivity contribution is -0.122. The molecule has 1 aliphatic rings. The number of amides is 1. The normalized spacial score (nSPS) is 16.2. The van der Waals surface area contributed by atoms with Crippen molar-refractivity contribution in [2.75, 3.05) is 0 Å². The standard InChI is InChI=1S/C16H20ClN3O/c17-13-6-7-15-12(10-13)11-18-20(15)9-8-16(21)19-14-4-2-1-3-5-14/h6-7,10-11,14H,1-5,8-9H2,(H,19,21). The van der Waals surface area contributed by atoms with Crippen LogP contribution in [0.3, 0.4) is 0 Å². The number of carbonyl (C=O) groups excluding carboxylic acids is 1. The topological polar surface area (TPSA) is 46.9 Å².